The number of halogens is 2. The Morgan fingerprint density at radius 3 is 2.48 bits per heavy atom. The van der Waals surface area contributed by atoms with Crippen LogP contribution in [0.5, 0.6) is 0 Å². The van der Waals surface area contributed by atoms with Gasteiger partial charge in [0, 0.05) is 36.7 Å². The largest absolute Gasteiger partial charge is 0.347 e. The van der Waals surface area contributed by atoms with Crippen LogP contribution in [0.1, 0.15) is 32.1 Å². The zero-order valence-electron chi connectivity index (χ0n) is 14.1. The number of anilines is 1. The maximum atomic E-state index is 13.9. The van der Waals surface area contributed by atoms with Gasteiger partial charge >= 0.3 is 0 Å². The molecule has 0 saturated carbocycles. The summed E-state index contributed by atoms with van der Waals surface area (Å²) < 4.78 is 31.2. The average molecular weight is 364 g/mol. The van der Waals surface area contributed by atoms with Gasteiger partial charge in [-0.05, 0) is 50.9 Å². The summed E-state index contributed by atoms with van der Waals surface area (Å²) in [6.07, 6.45) is 6.29. The molecule has 0 aliphatic carbocycles. The van der Waals surface area contributed by atoms with Gasteiger partial charge in [-0.2, -0.15) is 9.36 Å². The lowest BCUT2D eigenvalue weighted by atomic mass is 10.0. The third kappa shape index (κ3) is 3.67. The molecule has 0 amide bonds. The monoisotopic (exact) mass is 364 g/mol. The number of hydrogen-bond acceptors (Lipinski definition) is 5. The van der Waals surface area contributed by atoms with Crippen LogP contribution in [0.4, 0.5) is 13.9 Å². The van der Waals surface area contributed by atoms with Crippen molar-refractivity contribution in [2.24, 2.45) is 0 Å². The molecule has 1 aromatic heterocycles. The number of piperidine rings is 2. The van der Waals surface area contributed by atoms with Gasteiger partial charge in [0.25, 0.3) is 0 Å². The lowest BCUT2D eigenvalue weighted by Crippen LogP contribution is -2.46. The second-order valence-electron chi connectivity index (χ2n) is 6.84. The van der Waals surface area contributed by atoms with E-state index in [9.17, 15) is 8.78 Å². The Morgan fingerprint density at radius 1 is 1.00 bits per heavy atom. The van der Waals surface area contributed by atoms with Gasteiger partial charge in [-0.3, -0.25) is 0 Å². The summed E-state index contributed by atoms with van der Waals surface area (Å²) in [7, 11) is 0. The summed E-state index contributed by atoms with van der Waals surface area (Å²) in [6, 6.07) is 4.20. The highest BCUT2D eigenvalue weighted by molar-refractivity contribution is 7.09. The highest BCUT2D eigenvalue weighted by Gasteiger charge is 2.27. The van der Waals surface area contributed by atoms with E-state index in [1.807, 2.05) is 0 Å². The Balaban J connectivity index is 1.41. The first-order valence-electron chi connectivity index (χ1n) is 8.99. The van der Waals surface area contributed by atoms with Crippen LogP contribution >= 0.6 is 11.5 Å². The van der Waals surface area contributed by atoms with E-state index >= 15 is 0 Å². The Labute approximate surface area is 150 Å². The Hall–Kier alpha value is -1.60. The van der Waals surface area contributed by atoms with Crippen molar-refractivity contribution < 1.29 is 8.78 Å². The van der Waals surface area contributed by atoms with Crippen molar-refractivity contribution in [1.29, 1.82) is 0 Å². The minimum absolute atomic E-state index is 0.257. The summed E-state index contributed by atoms with van der Waals surface area (Å²) >= 11 is 1.29. The maximum absolute atomic E-state index is 13.9. The first-order chi connectivity index (χ1) is 12.2. The SMILES string of the molecule is Fc1ccc(-c2nsc(N3CCC(N4CCCCC4)CC3)n2)c(F)c1. The van der Waals surface area contributed by atoms with E-state index < -0.39 is 11.6 Å². The third-order valence-electron chi connectivity index (χ3n) is 5.23. The molecular weight excluding hydrogens is 342 g/mol. The predicted molar refractivity (Wildman–Crippen MR) is 95.9 cm³/mol. The van der Waals surface area contributed by atoms with Gasteiger partial charge in [-0.1, -0.05) is 6.42 Å². The highest BCUT2D eigenvalue weighted by atomic mass is 32.1. The number of rotatable bonds is 3. The molecule has 0 atom stereocenters. The van der Waals surface area contributed by atoms with Gasteiger partial charge in [-0.15, -0.1) is 0 Å². The van der Waals surface area contributed by atoms with Crippen LogP contribution in [0.15, 0.2) is 18.2 Å². The first-order valence-corrected chi connectivity index (χ1v) is 9.76. The highest BCUT2D eigenvalue weighted by Crippen LogP contribution is 2.29. The van der Waals surface area contributed by atoms with Crippen LogP contribution in [0.2, 0.25) is 0 Å². The fourth-order valence-electron chi connectivity index (χ4n) is 3.83. The molecule has 0 bridgehead atoms. The molecule has 0 spiro atoms. The van der Waals surface area contributed by atoms with Crippen molar-refractivity contribution in [3.05, 3.63) is 29.8 Å². The van der Waals surface area contributed by atoms with Crippen LogP contribution < -0.4 is 4.90 Å². The van der Waals surface area contributed by atoms with Crippen molar-refractivity contribution >= 4 is 16.7 Å². The van der Waals surface area contributed by atoms with E-state index in [0.717, 1.165) is 37.1 Å². The minimum atomic E-state index is -0.617. The summed E-state index contributed by atoms with van der Waals surface area (Å²) in [5.41, 5.74) is 0.257. The molecule has 2 aliphatic heterocycles. The summed E-state index contributed by atoms with van der Waals surface area (Å²) in [5.74, 6) is -0.861. The standard InChI is InChI=1S/C18H22F2N4S/c19-13-4-5-15(16(20)12-13)17-21-18(25-22-17)24-10-6-14(7-11-24)23-8-2-1-3-9-23/h4-5,12,14H,1-3,6-11H2. The number of likely N-dealkylation sites (tertiary alicyclic amines) is 1. The minimum Gasteiger partial charge on any atom is -0.347 e. The van der Waals surface area contributed by atoms with Gasteiger partial charge in [0.1, 0.15) is 11.6 Å². The molecule has 1 aromatic carbocycles. The quantitative estimate of drug-likeness (QED) is 0.826. The fourth-order valence-corrected chi connectivity index (χ4v) is 4.56. The molecule has 0 N–H and O–H groups in total. The van der Waals surface area contributed by atoms with E-state index in [1.165, 1.54) is 56.0 Å². The van der Waals surface area contributed by atoms with Crippen LogP contribution in [0.25, 0.3) is 11.4 Å². The molecule has 25 heavy (non-hydrogen) atoms. The molecule has 2 aliphatic rings. The molecule has 3 heterocycles. The van der Waals surface area contributed by atoms with Crippen molar-refractivity contribution in [2.45, 2.75) is 38.1 Å². The molecule has 7 heteroatoms. The van der Waals surface area contributed by atoms with Gasteiger partial charge < -0.3 is 9.80 Å². The smallest absolute Gasteiger partial charge is 0.205 e. The Bertz CT molecular complexity index is 722. The van der Waals surface area contributed by atoms with Crippen molar-refractivity contribution in [2.75, 3.05) is 31.1 Å². The average Bonchev–Trinajstić information content (AvgIpc) is 3.12. The van der Waals surface area contributed by atoms with Crippen molar-refractivity contribution in [1.82, 2.24) is 14.3 Å². The molecule has 134 valence electrons. The lowest BCUT2D eigenvalue weighted by molar-refractivity contribution is 0.141. The van der Waals surface area contributed by atoms with E-state index in [4.69, 9.17) is 0 Å². The normalized spacial score (nSPS) is 20.2. The number of aromatic nitrogens is 2. The lowest BCUT2D eigenvalue weighted by Gasteiger charge is -2.40. The first kappa shape index (κ1) is 16.8. The summed E-state index contributed by atoms with van der Waals surface area (Å²) in [6.45, 7) is 4.39. The van der Waals surface area contributed by atoms with Crippen LogP contribution in [0.3, 0.4) is 0 Å². The van der Waals surface area contributed by atoms with E-state index in [-0.39, 0.29) is 5.56 Å². The van der Waals surface area contributed by atoms with Crippen LogP contribution in [0, 0.1) is 11.6 Å². The number of benzene rings is 1. The molecule has 2 aromatic rings. The number of hydrogen-bond donors (Lipinski definition) is 0. The van der Waals surface area contributed by atoms with Crippen molar-refractivity contribution in [3.8, 4) is 11.4 Å². The summed E-state index contributed by atoms with van der Waals surface area (Å²) in [4.78, 5) is 9.37. The maximum Gasteiger partial charge on any atom is 0.205 e. The molecule has 4 nitrogen and oxygen atoms in total. The summed E-state index contributed by atoms with van der Waals surface area (Å²) in [5, 5.41) is 0.829. The van der Waals surface area contributed by atoms with Gasteiger partial charge in [0.15, 0.2) is 5.82 Å². The van der Waals surface area contributed by atoms with Crippen LogP contribution in [-0.2, 0) is 0 Å². The zero-order valence-corrected chi connectivity index (χ0v) is 14.9. The van der Waals surface area contributed by atoms with Crippen molar-refractivity contribution in [3.63, 3.8) is 0 Å². The zero-order chi connectivity index (χ0) is 17.2. The molecule has 2 fully saturated rings. The molecule has 2 saturated heterocycles. The molecule has 0 unspecified atom stereocenters. The Morgan fingerprint density at radius 2 is 1.76 bits per heavy atom. The Kier molecular flexibility index (Phi) is 4.94. The third-order valence-corrected chi connectivity index (χ3v) is 6.01. The van der Waals surface area contributed by atoms with Crippen LogP contribution in [-0.4, -0.2) is 46.5 Å². The second-order valence-corrected chi connectivity index (χ2v) is 7.57. The molecule has 4 rings (SSSR count). The topological polar surface area (TPSA) is 32.3 Å². The van der Waals surface area contributed by atoms with E-state index in [2.05, 4.69) is 19.2 Å². The van der Waals surface area contributed by atoms with E-state index in [0.29, 0.717) is 11.9 Å². The van der Waals surface area contributed by atoms with Gasteiger partial charge in [-0.25, -0.2) is 8.78 Å². The number of nitrogens with zero attached hydrogens (tertiary/aromatic N) is 4. The molecule has 0 radical (unpaired) electrons. The van der Waals surface area contributed by atoms with E-state index in [1.54, 1.807) is 0 Å². The fraction of sp³-hybridized carbons (Fsp3) is 0.556. The second kappa shape index (κ2) is 7.33. The van der Waals surface area contributed by atoms with Gasteiger partial charge in [0.05, 0.1) is 5.56 Å². The van der Waals surface area contributed by atoms with Gasteiger partial charge in [0.2, 0.25) is 5.13 Å². The predicted octanol–water partition coefficient (Wildman–Crippen LogP) is 3.94. The molecular formula is C18H22F2N4S.